The Morgan fingerprint density at radius 1 is 1.33 bits per heavy atom. The summed E-state index contributed by atoms with van der Waals surface area (Å²) in [6.07, 6.45) is 0.757. The molecule has 0 aliphatic heterocycles. The molecule has 9 heteroatoms. The van der Waals surface area contributed by atoms with Gasteiger partial charge in [-0.05, 0) is 12.0 Å². The molecular weight excluding hydrogens is 330 g/mol. The molecule has 1 atom stereocenters. The molecule has 0 bridgehead atoms. The van der Waals surface area contributed by atoms with Crippen molar-refractivity contribution in [3.8, 4) is 0 Å². The summed E-state index contributed by atoms with van der Waals surface area (Å²) in [5.41, 5.74) is 0.389. The molecule has 0 saturated carbocycles. The molecule has 0 aliphatic carbocycles. The molecule has 0 fully saturated rings. The summed E-state index contributed by atoms with van der Waals surface area (Å²) >= 11 is 1.12. The first-order valence-corrected chi connectivity index (χ1v) is 8.34. The average Bonchev–Trinajstić information content (AvgIpc) is 2.93. The number of thioether (sulfide) groups is 1. The molecule has 1 aromatic carbocycles. The van der Waals surface area contributed by atoms with Gasteiger partial charge < -0.3 is 5.32 Å². The number of hydrogen-bond acceptors (Lipinski definition) is 5. The minimum atomic E-state index is -0.714. The third-order valence-corrected chi connectivity index (χ3v) is 4.44. The predicted octanol–water partition coefficient (Wildman–Crippen LogP) is 1.27. The number of benzene rings is 1. The highest BCUT2D eigenvalue weighted by Crippen LogP contribution is 2.33. The lowest BCUT2D eigenvalue weighted by Gasteiger charge is -2.16. The minimum absolute atomic E-state index is 0.321. The van der Waals surface area contributed by atoms with E-state index in [0.29, 0.717) is 17.3 Å². The second kappa shape index (κ2) is 8.34. The second-order valence-electron chi connectivity index (χ2n) is 4.94. The van der Waals surface area contributed by atoms with Gasteiger partial charge in [0.2, 0.25) is 5.91 Å². The summed E-state index contributed by atoms with van der Waals surface area (Å²) in [4.78, 5) is 35.7. The first-order chi connectivity index (χ1) is 11.6. The van der Waals surface area contributed by atoms with Crippen molar-refractivity contribution in [3.05, 3.63) is 46.4 Å². The van der Waals surface area contributed by atoms with Crippen molar-refractivity contribution >= 4 is 23.7 Å². The first kappa shape index (κ1) is 17.8. The Morgan fingerprint density at radius 3 is 2.67 bits per heavy atom. The number of aromatic amines is 1. The zero-order chi connectivity index (χ0) is 17.5. The van der Waals surface area contributed by atoms with Crippen LogP contribution >= 0.6 is 11.8 Å². The van der Waals surface area contributed by atoms with Crippen LogP contribution in [0.3, 0.4) is 0 Å². The van der Waals surface area contributed by atoms with Crippen molar-refractivity contribution < 1.29 is 9.59 Å². The highest BCUT2D eigenvalue weighted by molar-refractivity contribution is 8.00. The number of carbonyl (C=O) groups excluding carboxylic acids is 2. The van der Waals surface area contributed by atoms with E-state index in [4.69, 9.17) is 0 Å². The molecule has 8 nitrogen and oxygen atoms in total. The second-order valence-corrected chi connectivity index (χ2v) is 6.01. The maximum Gasteiger partial charge on any atom is 0.343 e. The Balaban J connectivity index is 2.31. The topological polar surface area (TPSA) is 109 Å². The van der Waals surface area contributed by atoms with E-state index in [1.807, 2.05) is 13.0 Å². The van der Waals surface area contributed by atoms with Crippen molar-refractivity contribution in [2.24, 2.45) is 0 Å². The molecule has 1 aromatic heterocycles. The standard InChI is InChI=1S/C15H19N5O3S/c1-3-9-20-14(23)18-19-15(20)24-11(10-7-5-4-6-8-10)12(21)17-13(22)16-2/h4-8,11H,3,9H2,1-2H3,(H,18,23)(H2,16,17,21,22)/t11-/m1/s1. The van der Waals surface area contributed by atoms with Crippen LogP contribution in [0, 0.1) is 0 Å². The van der Waals surface area contributed by atoms with Crippen LogP contribution in [0.25, 0.3) is 0 Å². The van der Waals surface area contributed by atoms with E-state index in [1.54, 1.807) is 24.3 Å². The van der Waals surface area contributed by atoms with Gasteiger partial charge in [0.25, 0.3) is 0 Å². The number of aromatic nitrogens is 3. The van der Waals surface area contributed by atoms with Crippen LogP contribution in [-0.4, -0.2) is 33.8 Å². The summed E-state index contributed by atoms with van der Waals surface area (Å²) in [6, 6.07) is 8.43. The molecule has 0 spiro atoms. The number of hydrogen-bond donors (Lipinski definition) is 3. The first-order valence-electron chi connectivity index (χ1n) is 7.46. The van der Waals surface area contributed by atoms with Gasteiger partial charge in [0.05, 0.1) is 0 Å². The molecule has 3 amide bonds. The normalized spacial score (nSPS) is 11.8. The highest BCUT2D eigenvalue weighted by atomic mass is 32.2. The molecule has 24 heavy (non-hydrogen) atoms. The van der Waals surface area contributed by atoms with Crippen molar-refractivity contribution in [3.63, 3.8) is 0 Å². The van der Waals surface area contributed by atoms with Crippen LogP contribution < -0.4 is 16.3 Å². The molecule has 0 saturated heterocycles. The number of nitrogens with one attached hydrogen (secondary N) is 3. The molecule has 2 rings (SSSR count). The fourth-order valence-electron chi connectivity index (χ4n) is 2.06. The minimum Gasteiger partial charge on any atom is -0.341 e. The van der Waals surface area contributed by atoms with Crippen LogP contribution in [0.1, 0.15) is 24.2 Å². The van der Waals surface area contributed by atoms with Gasteiger partial charge in [-0.3, -0.25) is 14.7 Å². The molecule has 0 radical (unpaired) electrons. The van der Waals surface area contributed by atoms with Crippen LogP contribution in [0.4, 0.5) is 4.79 Å². The summed E-state index contributed by atoms with van der Waals surface area (Å²) in [5, 5.41) is 10.7. The summed E-state index contributed by atoms with van der Waals surface area (Å²) in [7, 11) is 1.43. The van der Waals surface area contributed by atoms with Crippen LogP contribution in [0.2, 0.25) is 0 Å². The third-order valence-electron chi connectivity index (χ3n) is 3.20. The number of amides is 3. The van der Waals surface area contributed by atoms with Gasteiger partial charge in [-0.15, -0.1) is 5.10 Å². The van der Waals surface area contributed by atoms with Gasteiger partial charge in [-0.25, -0.2) is 14.7 Å². The molecule has 3 N–H and O–H groups in total. The van der Waals surface area contributed by atoms with Crippen molar-refractivity contribution in [1.82, 2.24) is 25.4 Å². The average molecular weight is 349 g/mol. The maximum atomic E-state index is 12.5. The van der Waals surface area contributed by atoms with Gasteiger partial charge in [-0.1, -0.05) is 49.0 Å². The SMILES string of the molecule is CCCn1c(S[C@@H](C(=O)NC(=O)NC)c2ccccc2)n[nH]c1=O. The largest absolute Gasteiger partial charge is 0.343 e. The quantitative estimate of drug-likeness (QED) is 0.681. The lowest BCUT2D eigenvalue weighted by Crippen LogP contribution is -2.39. The Hall–Kier alpha value is -2.55. The van der Waals surface area contributed by atoms with E-state index in [9.17, 15) is 14.4 Å². The molecular formula is C15H19N5O3S. The van der Waals surface area contributed by atoms with E-state index < -0.39 is 17.2 Å². The summed E-state index contributed by atoms with van der Waals surface area (Å²) in [5.74, 6) is -0.482. The number of H-pyrrole nitrogens is 1. The predicted molar refractivity (Wildman–Crippen MR) is 90.8 cm³/mol. The number of carbonyl (C=O) groups is 2. The molecule has 0 aliphatic rings. The Labute approximate surface area is 143 Å². The van der Waals surface area contributed by atoms with E-state index in [1.165, 1.54) is 11.6 Å². The maximum absolute atomic E-state index is 12.5. The van der Waals surface area contributed by atoms with E-state index >= 15 is 0 Å². The smallest absolute Gasteiger partial charge is 0.341 e. The fourth-order valence-corrected chi connectivity index (χ4v) is 3.13. The number of rotatable bonds is 6. The Bertz CT molecular complexity index is 756. The summed E-state index contributed by atoms with van der Waals surface area (Å²) in [6.45, 7) is 2.44. The molecule has 1 heterocycles. The van der Waals surface area contributed by atoms with Gasteiger partial charge in [0, 0.05) is 13.6 Å². The molecule has 2 aromatic rings. The van der Waals surface area contributed by atoms with Crippen molar-refractivity contribution in [2.45, 2.75) is 30.3 Å². The summed E-state index contributed by atoms with van der Waals surface area (Å²) < 4.78 is 1.48. The van der Waals surface area contributed by atoms with Crippen LogP contribution in [0.15, 0.2) is 40.3 Å². The number of urea groups is 1. The van der Waals surface area contributed by atoms with E-state index in [-0.39, 0.29) is 5.69 Å². The van der Waals surface area contributed by atoms with Gasteiger partial charge >= 0.3 is 11.7 Å². The van der Waals surface area contributed by atoms with Crippen LogP contribution in [-0.2, 0) is 11.3 Å². The van der Waals surface area contributed by atoms with Gasteiger partial charge in [0.15, 0.2) is 5.16 Å². The van der Waals surface area contributed by atoms with E-state index in [2.05, 4.69) is 20.8 Å². The number of nitrogens with zero attached hydrogens (tertiary/aromatic N) is 2. The zero-order valence-corrected chi connectivity index (χ0v) is 14.2. The fraction of sp³-hybridized carbons (Fsp3) is 0.333. The Kier molecular flexibility index (Phi) is 6.19. The Morgan fingerprint density at radius 2 is 2.04 bits per heavy atom. The van der Waals surface area contributed by atoms with Crippen molar-refractivity contribution in [2.75, 3.05) is 7.05 Å². The molecule has 0 unspecified atom stereocenters. The lowest BCUT2D eigenvalue weighted by molar-refractivity contribution is -0.119. The third kappa shape index (κ3) is 4.25. The van der Waals surface area contributed by atoms with Crippen LogP contribution in [0.5, 0.6) is 0 Å². The number of imide groups is 1. The monoisotopic (exact) mass is 349 g/mol. The van der Waals surface area contributed by atoms with Crippen molar-refractivity contribution in [1.29, 1.82) is 0 Å². The van der Waals surface area contributed by atoms with Gasteiger partial charge in [-0.2, -0.15) is 0 Å². The van der Waals surface area contributed by atoms with Gasteiger partial charge in [0.1, 0.15) is 5.25 Å². The highest BCUT2D eigenvalue weighted by Gasteiger charge is 2.26. The lowest BCUT2D eigenvalue weighted by atomic mass is 10.1. The molecule has 128 valence electrons. The van der Waals surface area contributed by atoms with E-state index in [0.717, 1.165) is 18.2 Å². The zero-order valence-electron chi connectivity index (χ0n) is 13.4.